The van der Waals surface area contributed by atoms with Crippen molar-refractivity contribution in [1.82, 2.24) is 14.4 Å². The summed E-state index contributed by atoms with van der Waals surface area (Å²) < 4.78 is 13.5. The number of aromatic nitrogens is 3. The first kappa shape index (κ1) is 12.5. The zero-order chi connectivity index (χ0) is 14.2. The fourth-order valence-corrected chi connectivity index (χ4v) is 2.73. The van der Waals surface area contributed by atoms with Crippen molar-refractivity contribution in [3.05, 3.63) is 47.0 Å². The van der Waals surface area contributed by atoms with Gasteiger partial charge in [0.2, 0.25) is 6.79 Å². The van der Waals surface area contributed by atoms with E-state index in [1.54, 1.807) is 6.20 Å². The van der Waals surface area contributed by atoms with Crippen LogP contribution in [0.4, 0.5) is 5.82 Å². The smallest absolute Gasteiger partial charge is 0.231 e. The Bertz CT molecular complexity index is 818. The second-order valence-electron chi connectivity index (χ2n) is 4.57. The third-order valence-electron chi connectivity index (χ3n) is 3.27. The summed E-state index contributed by atoms with van der Waals surface area (Å²) in [5, 5.41) is 3.30. The molecule has 1 N–H and O–H groups in total. The van der Waals surface area contributed by atoms with Crippen LogP contribution >= 0.6 is 15.9 Å². The van der Waals surface area contributed by atoms with Gasteiger partial charge in [0.25, 0.3) is 0 Å². The number of ether oxygens (including phenoxy) is 2. The summed E-state index contributed by atoms with van der Waals surface area (Å²) in [6.45, 7) is 0.852. The molecule has 0 saturated carbocycles. The second kappa shape index (κ2) is 4.92. The average molecular weight is 347 g/mol. The lowest BCUT2D eigenvalue weighted by atomic mass is 10.2. The lowest BCUT2D eigenvalue weighted by Gasteiger charge is -2.09. The molecule has 0 amide bonds. The zero-order valence-corrected chi connectivity index (χ0v) is 12.5. The number of nitrogens with zero attached hydrogens (tertiary/aromatic N) is 3. The SMILES string of the molecule is Brc1cn2ccnc2c(NCc2cccc3c2OCO3)n1. The first-order valence-corrected chi connectivity index (χ1v) is 7.21. The van der Waals surface area contributed by atoms with E-state index in [0.717, 1.165) is 27.3 Å². The lowest BCUT2D eigenvalue weighted by molar-refractivity contribution is 0.173. The van der Waals surface area contributed by atoms with Crippen LogP contribution in [0.25, 0.3) is 5.65 Å². The molecule has 1 aliphatic rings. The molecule has 3 aromatic rings. The highest BCUT2D eigenvalue weighted by Gasteiger charge is 2.17. The summed E-state index contributed by atoms with van der Waals surface area (Å²) in [7, 11) is 0. The first-order valence-electron chi connectivity index (χ1n) is 6.42. The van der Waals surface area contributed by atoms with Crippen LogP contribution in [0.15, 0.2) is 41.4 Å². The molecular weight excluding hydrogens is 336 g/mol. The van der Waals surface area contributed by atoms with E-state index >= 15 is 0 Å². The van der Waals surface area contributed by atoms with Gasteiger partial charge in [-0.25, -0.2) is 9.97 Å². The number of benzene rings is 1. The van der Waals surface area contributed by atoms with Gasteiger partial charge in [-0.2, -0.15) is 0 Å². The molecule has 1 aliphatic heterocycles. The number of imidazole rings is 1. The Hall–Kier alpha value is -2.28. The van der Waals surface area contributed by atoms with Crippen molar-refractivity contribution < 1.29 is 9.47 Å². The highest BCUT2D eigenvalue weighted by Crippen LogP contribution is 2.35. The van der Waals surface area contributed by atoms with Crippen LogP contribution in [-0.2, 0) is 6.54 Å². The van der Waals surface area contributed by atoms with Crippen molar-refractivity contribution in [3.8, 4) is 11.5 Å². The molecule has 4 rings (SSSR count). The maximum atomic E-state index is 5.50. The molecule has 21 heavy (non-hydrogen) atoms. The van der Waals surface area contributed by atoms with Crippen molar-refractivity contribution in [1.29, 1.82) is 0 Å². The minimum atomic E-state index is 0.270. The van der Waals surface area contributed by atoms with Gasteiger partial charge >= 0.3 is 0 Å². The number of para-hydroxylation sites is 1. The molecule has 0 saturated heterocycles. The molecule has 3 heterocycles. The van der Waals surface area contributed by atoms with E-state index in [-0.39, 0.29) is 6.79 Å². The van der Waals surface area contributed by atoms with E-state index in [1.165, 1.54) is 0 Å². The van der Waals surface area contributed by atoms with Crippen LogP contribution in [0.1, 0.15) is 5.56 Å². The van der Waals surface area contributed by atoms with E-state index < -0.39 is 0 Å². The molecule has 0 unspecified atom stereocenters. The van der Waals surface area contributed by atoms with Crippen LogP contribution in [0, 0.1) is 0 Å². The van der Waals surface area contributed by atoms with Gasteiger partial charge < -0.3 is 19.2 Å². The molecule has 106 valence electrons. The zero-order valence-electron chi connectivity index (χ0n) is 10.9. The standard InChI is InChI=1S/C14H11BrN4O2/c15-11-7-19-5-4-16-14(19)13(18-11)17-6-9-2-1-3-10-12(9)21-8-20-10/h1-5,7H,6,8H2,(H,17,18). The third kappa shape index (κ3) is 2.19. The van der Waals surface area contributed by atoms with Crippen molar-refractivity contribution in [2.24, 2.45) is 0 Å². The number of fused-ring (bicyclic) bond motifs is 2. The Morgan fingerprint density at radius 1 is 1.33 bits per heavy atom. The quantitative estimate of drug-likeness (QED) is 0.790. The molecule has 6 nitrogen and oxygen atoms in total. The van der Waals surface area contributed by atoms with E-state index in [2.05, 4.69) is 31.2 Å². The summed E-state index contributed by atoms with van der Waals surface area (Å²) in [6.07, 6.45) is 5.49. The number of anilines is 1. The van der Waals surface area contributed by atoms with Crippen LogP contribution in [0.3, 0.4) is 0 Å². The highest BCUT2D eigenvalue weighted by molar-refractivity contribution is 9.10. The predicted octanol–water partition coefficient (Wildman–Crippen LogP) is 2.83. The number of halogens is 1. The number of hydrogen-bond donors (Lipinski definition) is 1. The average Bonchev–Trinajstić information content (AvgIpc) is 3.12. The molecule has 7 heteroatoms. The van der Waals surface area contributed by atoms with E-state index in [9.17, 15) is 0 Å². The van der Waals surface area contributed by atoms with E-state index in [4.69, 9.17) is 9.47 Å². The van der Waals surface area contributed by atoms with Crippen molar-refractivity contribution in [2.45, 2.75) is 6.54 Å². The third-order valence-corrected chi connectivity index (χ3v) is 3.65. The monoisotopic (exact) mass is 346 g/mol. The Morgan fingerprint density at radius 2 is 2.29 bits per heavy atom. The number of nitrogens with one attached hydrogen (secondary N) is 1. The van der Waals surface area contributed by atoms with Gasteiger partial charge in [-0.15, -0.1) is 0 Å². The molecule has 0 atom stereocenters. The number of hydrogen-bond acceptors (Lipinski definition) is 5. The summed E-state index contributed by atoms with van der Waals surface area (Å²) >= 11 is 3.40. The van der Waals surface area contributed by atoms with Crippen molar-refractivity contribution in [2.75, 3.05) is 12.1 Å². The maximum absolute atomic E-state index is 5.50. The van der Waals surface area contributed by atoms with Gasteiger partial charge in [0.1, 0.15) is 4.60 Å². The fourth-order valence-electron chi connectivity index (χ4n) is 2.33. The van der Waals surface area contributed by atoms with Gasteiger partial charge in [-0.3, -0.25) is 0 Å². The summed E-state index contributed by atoms with van der Waals surface area (Å²) in [4.78, 5) is 8.74. The summed E-state index contributed by atoms with van der Waals surface area (Å²) in [6, 6.07) is 5.85. The van der Waals surface area contributed by atoms with E-state index in [0.29, 0.717) is 12.4 Å². The van der Waals surface area contributed by atoms with Crippen LogP contribution in [0.2, 0.25) is 0 Å². The van der Waals surface area contributed by atoms with Gasteiger partial charge in [0.15, 0.2) is 23.0 Å². The molecule has 2 aromatic heterocycles. The molecule has 0 radical (unpaired) electrons. The minimum Gasteiger partial charge on any atom is -0.454 e. The largest absolute Gasteiger partial charge is 0.454 e. The van der Waals surface area contributed by atoms with Gasteiger partial charge in [0.05, 0.1) is 0 Å². The van der Waals surface area contributed by atoms with Crippen molar-refractivity contribution in [3.63, 3.8) is 0 Å². The van der Waals surface area contributed by atoms with Gasteiger partial charge in [-0.05, 0) is 22.0 Å². The summed E-state index contributed by atoms with van der Waals surface area (Å²) in [5.41, 5.74) is 1.81. The van der Waals surface area contributed by atoms with E-state index in [1.807, 2.05) is 35.0 Å². The van der Waals surface area contributed by atoms with Crippen molar-refractivity contribution >= 4 is 27.4 Å². The minimum absolute atomic E-state index is 0.270. The molecule has 1 aromatic carbocycles. The summed E-state index contributed by atoms with van der Waals surface area (Å²) in [5.74, 6) is 2.28. The molecule has 0 fully saturated rings. The second-order valence-corrected chi connectivity index (χ2v) is 5.39. The highest BCUT2D eigenvalue weighted by atomic mass is 79.9. The van der Waals surface area contributed by atoms with Gasteiger partial charge in [-0.1, -0.05) is 12.1 Å². The maximum Gasteiger partial charge on any atom is 0.231 e. The topological polar surface area (TPSA) is 60.7 Å². The Balaban J connectivity index is 1.64. The predicted molar refractivity (Wildman–Crippen MR) is 80.6 cm³/mol. The Kier molecular flexibility index (Phi) is 2.92. The van der Waals surface area contributed by atoms with Gasteiger partial charge in [0, 0.05) is 30.7 Å². The molecule has 0 bridgehead atoms. The first-order chi connectivity index (χ1) is 10.3. The molecule has 0 spiro atoms. The molecule has 0 aliphatic carbocycles. The molecular formula is C14H11BrN4O2. The number of rotatable bonds is 3. The van der Waals surface area contributed by atoms with Crippen LogP contribution in [0.5, 0.6) is 11.5 Å². The van der Waals surface area contributed by atoms with Crippen LogP contribution in [-0.4, -0.2) is 21.2 Å². The Labute approximate surface area is 128 Å². The Morgan fingerprint density at radius 3 is 3.24 bits per heavy atom. The normalized spacial score (nSPS) is 12.8. The fraction of sp³-hybridized carbons (Fsp3) is 0.143. The lowest BCUT2D eigenvalue weighted by Crippen LogP contribution is -2.05. The van der Waals surface area contributed by atoms with Crippen LogP contribution < -0.4 is 14.8 Å².